The molecule has 0 aliphatic carbocycles. The van der Waals surface area contributed by atoms with Gasteiger partial charge in [0, 0.05) is 41.4 Å². The summed E-state index contributed by atoms with van der Waals surface area (Å²) in [7, 11) is 1.97. The average molecular weight is 292 g/mol. The molecule has 3 rings (SSSR count). The highest BCUT2D eigenvalue weighted by molar-refractivity contribution is 6.30. The maximum absolute atomic E-state index is 6.11. The topological polar surface area (TPSA) is 39.1 Å². The van der Waals surface area contributed by atoms with Crippen molar-refractivity contribution in [3.8, 4) is 5.75 Å². The molecule has 2 aromatic rings. The number of aryl methyl sites for hydroxylation is 1. The molecule has 1 aromatic heterocycles. The Morgan fingerprint density at radius 1 is 1.50 bits per heavy atom. The molecule has 0 saturated carbocycles. The minimum Gasteiger partial charge on any atom is -0.485 e. The SMILES string of the molecule is CCn1cc(C2CC(NC)c3cc(Cl)ccc3O2)cn1. The summed E-state index contributed by atoms with van der Waals surface area (Å²) >= 11 is 6.08. The third kappa shape index (κ3) is 2.41. The van der Waals surface area contributed by atoms with Crippen molar-refractivity contribution >= 4 is 11.6 Å². The van der Waals surface area contributed by atoms with Crippen LogP contribution in [0.5, 0.6) is 5.75 Å². The van der Waals surface area contributed by atoms with Gasteiger partial charge in [0.1, 0.15) is 11.9 Å². The second kappa shape index (κ2) is 5.46. The summed E-state index contributed by atoms with van der Waals surface area (Å²) in [6.45, 7) is 2.95. The van der Waals surface area contributed by atoms with E-state index in [9.17, 15) is 0 Å². The van der Waals surface area contributed by atoms with E-state index in [4.69, 9.17) is 16.3 Å². The van der Waals surface area contributed by atoms with E-state index in [1.54, 1.807) is 0 Å². The van der Waals surface area contributed by atoms with Crippen LogP contribution in [-0.2, 0) is 6.54 Å². The van der Waals surface area contributed by atoms with Crippen LogP contribution in [0.4, 0.5) is 0 Å². The molecule has 2 unspecified atom stereocenters. The number of ether oxygens (including phenoxy) is 1. The van der Waals surface area contributed by atoms with Gasteiger partial charge in [0.2, 0.25) is 0 Å². The van der Waals surface area contributed by atoms with Crippen LogP contribution >= 0.6 is 11.6 Å². The first kappa shape index (κ1) is 13.5. The lowest BCUT2D eigenvalue weighted by Gasteiger charge is -2.31. The minimum atomic E-state index is 0.0291. The van der Waals surface area contributed by atoms with Crippen LogP contribution in [0.15, 0.2) is 30.6 Å². The maximum Gasteiger partial charge on any atom is 0.129 e. The molecule has 5 heteroatoms. The molecule has 2 atom stereocenters. The van der Waals surface area contributed by atoms with E-state index in [0.29, 0.717) is 0 Å². The van der Waals surface area contributed by atoms with E-state index in [1.807, 2.05) is 36.1 Å². The second-order valence-corrected chi connectivity index (χ2v) is 5.43. The summed E-state index contributed by atoms with van der Waals surface area (Å²) in [6.07, 6.45) is 4.85. The highest BCUT2D eigenvalue weighted by atomic mass is 35.5. The Hall–Kier alpha value is -1.52. The van der Waals surface area contributed by atoms with Gasteiger partial charge in [0.25, 0.3) is 0 Å². The molecule has 0 spiro atoms. The van der Waals surface area contributed by atoms with Crippen molar-refractivity contribution < 1.29 is 4.74 Å². The van der Waals surface area contributed by atoms with Crippen LogP contribution in [0.3, 0.4) is 0 Å². The van der Waals surface area contributed by atoms with Gasteiger partial charge in [-0.1, -0.05) is 11.6 Å². The van der Waals surface area contributed by atoms with E-state index in [1.165, 1.54) is 0 Å². The monoisotopic (exact) mass is 291 g/mol. The highest BCUT2D eigenvalue weighted by Gasteiger charge is 2.29. The molecule has 1 N–H and O–H groups in total. The average Bonchev–Trinajstić information content (AvgIpc) is 2.95. The quantitative estimate of drug-likeness (QED) is 0.943. The Morgan fingerprint density at radius 2 is 2.35 bits per heavy atom. The molecule has 1 aromatic carbocycles. The van der Waals surface area contributed by atoms with Crippen molar-refractivity contribution in [2.24, 2.45) is 0 Å². The number of nitrogens with zero attached hydrogens (tertiary/aromatic N) is 2. The van der Waals surface area contributed by atoms with E-state index in [-0.39, 0.29) is 12.1 Å². The van der Waals surface area contributed by atoms with E-state index in [0.717, 1.165) is 34.9 Å². The van der Waals surface area contributed by atoms with Gasteiger partial charge in [-0.05, 0) is 32.2 Å². The van der Waals surface area contributed by atoms with Gasteiger partial charge in [-0.15, -0.1) is 0 Å². The van der Waals surface area contributed by atoms with Gasteiger partial charge >= 0.3 is 0 Å². The molecule has 2 heterocycles. The van der Waals surface area contributed by atoms with Gasteiger partial charge in [-0.25, -0.2) is 0 Å². The first-order valence-electron chi connectivity index (χ1n) is 6.87. The van der Waals surface area contributed by atoms with Crippen LogP contribution in [0.1, 0.15) is 36.6 Å². The van der Waals surface area contributed by atoms with E-state index in [2.05, 4.69) is 23.5 Å². The standard InChI is InChI=1S/C15H18ClN3O/c1-3-19-9-10(8-18-19)15-7-13(17-2)12-6-11(16)4-5-14(12)20-15/h4-6,8-9,13,15,17H,3,7H2,1-2H3. The molecule has 0 bridgehead atoms. The number of fused-ring (bicyclic) bond motifs is 1. The highest BCUT2D eigenvalue weighted by Crippen LogP contribution is 2.41. The van der Waals surface area contributed by atoms with Crippen molar-refractivity contribution in [3.05, 3.63) is 46.7 Å². The Labute approximate surface area is 123 Å². The zero-order chi connectivity index (χ0) is 14.1. The van der Waals surface area contributed by atoms with E-state index < -0.39 is 0 Å². The number of nitrogens with one attached hydrogen (secondary N) is 1. The Morgan fingerprint density at radius 3 is 3.05 bits per heavy atom. The number of halogens is 1. The third-order valence-corrected chi connectivity index (χ3v) is 4.00. The molecule has 20 heavy (non-hydrogen) atoms. The predicted molar refractivity (Wildman–Crippen MR) is 79.1 cm³/mol. The number of hydrogen-bond acceptors (Lipinski definition) is 3. The van der Waals surface area contributed by atoms with Gasteiger partial charge in [-0.2, -0.15) is 5.10 Å². The lowest BCUT2D eigenvalue weighted by Crippen LogP contribution is -2.26. The molecule has 106 valence electrons. The van der Waals surface area contributed by atoms with Crippen molar-refractivity contribution in [2.75, 3.05) is 7.05 Å². The first-order chi connectivity index (χ1) is 9.71. The Bertz CT molecular complexity index is 611. The fraction of sp³-hybridized carbons (Fsp3) is 0.400. The van der Waals surface area contributed by atoms with Gasteiger partial charge < -0.3 is 10.1 Å². The number of benzene rings is 1. The Kier molecular flexibility index (Phi) is 3.68. The number of hydrogen-bond donors (Lipinski definition) is 1. The fourth-order valence-corrected chi connectivity index (χ4v) is 2.82. The molecule has 0 saturated heterocycles. The van der Waals surface area contributed by atoms with Crippen LogP contribution in [0, 0.1) is 0 Å². The number of aromatic nitrogens is 2. The summed E-state index contributed by atoms with van der Waals surface area (Å²) in [4.78, 5) is 0. The van der Waals surface area contributed by atoms with Crippen molar-refractivity contribution in [2.45, 2.75) is 32.0 Å². The summed E-state index contributed by atoms with van der Waals surface area (Å²) in [5.74, 6) is 0.897. The number of rotatable bonds is 3. The van der Waals surface area contributed by atoms with Crippen LogP contribution in [-0.4, -0.2) is 16.8 Å². The third-order valence-electron chi connectivity index (χ3n) is 3.76. The first-order valence-corrected chi connectivity index (χ1v) is 7.24. The summed E-state index contributed by atoms with van der Waals surface area (Å²) in [5.41, 5.74) is 2.24. The molecule has 1 aliphatic rings. The minimum absolute atomic E-state index is 0.0291. The van der Waals surface area contributed by atoms with Crippen molar-refractivity contribution in [3.63, 3.8) is 0 Å². The molecule has 4 nitrogen and oxygen atoms in total. The normalized spacial score (nSPS) is 21.4. The van der Waals surface area contributed by atoms with Gasteiger partial charge in [-0.3, -0.25) is 4.68 Å². The molecular weight excluding hydrogens is 274 g/mol. The summed E-state index contributed by atoms with van der Waals surface area (Å²) in [6, 6.07) is 6.03. The van der Waals surface area contributed by atoms with Gasteiger partial charge in [0.05, 0.1) is 6.20 Å². The lowest BCUT2D eigenvalue weighted by molar-refractivity contribution is 0.154. The Balaban J connectivity index is 1.92. The molecule has 0 fully saturated rings. The maximum atomic E-state index is 6.11. The fourth-order valence-electron chi connectivity index (χ4n) is 2.64. The predicted octanol–water partition coefficient (Wildman–Crippen LogP) is 3.34. The van der Waals surface area contributed by atoms with Crippen molar-refractivity contribution in [1.29, 1.82) is 0 Å². The van der Waals surface area contributed by atoms with Gasteiger partial charge in [0.15, 0.2) is 0 Å². The smallest absolute Gasteiger partial charge is 0.129 e. The lowest BCUT2D eigenvalue weighted by atomic mass is 9.94. The van der Waals surface area contributed by atoms with Crippen LogP contribution < -0.4 is 10.1 Å². The molecule has 0 radical (unpaired) electrons. The van der Waals surface area contributed by atoms with E-state index >= 15 is 0 Å². The zero-order valence-corrected chi connectivity index (χ0v) is 12.4. The summed E-state index contributed by atoms with van der Waals surface area (Å²) in [5, 5.41) is 8.41. The largest absolute Gasteiger partial charge is 0.485 e. The molecular formula is C15H18ClN3O. The van der Waals surface area contributed by atoms with Crippen LogP contribution in [0.25, 0.3) is 0 Å². The zero-order valence-electron chi connectivity index (χ0n) is 11.6. The van der Waals surface area contributed by atoms with Crippen molar-refractivity contribution in [1.82, 2.24) is 15.1 Å². The van der Waals surface area contributed by atoms with Crippen LogP contribution in [0.2, 0.25) is 5.02 Å². The molecule has 0 amide bonds. The second-order valence-electron chi connectivity index (χ2n) is 4.99. The molecule has 1 aliphatic heterocycles. The summed E-state index contributed by atoms with van der Waals surface area (Å²) < 4.78 is 8.03.